The van der Waals surface area contributed by atoms with Crippen LogP contribution in [0.4, 0.5) is 0 Å². The van der Waals surface area contributed by atoms with Crippen molar-refractivity contribution >= 4 is 11.3 Å². The number of nitrogens with zero attached hydrogens (tertiary/aromatic N) is 2. The molecular formula is C12H17N3S. The molecular weight excluding hydrogens is 218 g/mol. The van der Waals surface area contributed by atoms with Crippen LogP contribution in [-0.4, -0.2) is 9.55 Å². The molecule has 0 saturated carbocycles. The lowest BCUT2D eigenvalue weighted by molar-refractivity contribution is 0.504. The fraction of sp³-hybridized carbons (Fsp3) is 0.417. The normalized spacial score (nSPS) is 12.0. The molecule has 4 heteroatoms. The van der Waals surface area contributed by atoms with Gasteiger partial charge in [-0.25, -0.2) is 4.98 Å². The van der Waals surface area contributed by atoms with E-state index in [-0.39, 0.29) is 5.54 Å². The molecule has 3 nitrogen and oxygen atoms in total. The average Bonchev–Trinajstić information content (AvgIpc) is 2.76. The fourth-order valence-corrected chi connectivity index (χ4v) is 2.61. The van der Waals surface area contributed by atoms with Gasteiger partial charge in [-0.2, -0.15) is 0 Å². The molecule has 0 aliphatic rings. The average molecular weight is 235 g/mol. The molecule has 2 N–H and O–H groups in total. The summed E-state index contributed by atoms with van der Waals surface area (Å²) in [5.74, 6) is 0. The number of aromatic nitrogens is 2. The summed E-state index contributed by atoms with van der Waals surface area (Å²) >= 11 is 1.78. The lowest BCUT2D eigenvalue weighted by Crippen LogP contribution is -2.31. The molecule has 0 unspecified atom stereocenters. The van der Waals surface area contributed by atoms with Gasteiger partial charge < -0.3 is 10.3 Å². The van der Waals surface area contributed by atoms with Gasteiger partial charge in [-0.15, -0.1) is 11.3 Å². The van der Waals surface area contributed by atoms with E-state index in [9.17, 15) is 0 Å². The molecule has 2 aromatic rings. The van der Waals surface area contributed by atoms with E-state index in [2.05, 4.69) is 27.9 Å². The van der Waals surface area contributed by atoms with E-state index in [0.717, 1.165) is 12.2 Å². The van der Waals surface area contributed by atoms with Crippen LogP contribution in [0.3, 0.4) is 0 Å². The van der Waals surface area contributed by atoms with Crippen molar-refractivity contribution in [1.29, 1.82) is 0 Å². The van der Waals surface area contributed by atoms with Gasteiger partial charge in [0.25, 0.3) is 0 Å². The third kappa shape index (κ3) is 2.18. The summed E-state index contributed by atoms with van der Waals surface area (Å²) in [6.45, 7) is 7.00. The predicted octanol–water partition coefficient (Wildman–Crippen LogP) is 2.50. The highest BCUT2D eigenvalue weighted by molar-refractivity contribution is 7.10. The van der Waals surface area contributed by atoms with Crippen molar-refractivity contribution in [3.63, 3.8) is 0 Å². The van der Waals surface area contributed by atoms with Crippen molar-refractivity contribution < 1.29 is 0 Å². The van der Waals surface area contributed by atoms with Crippen LogP contribution >= 0.6 is 11.3 Å². The molecule has 0 aromatic carbocycles. The first-order chi connectivity index (χ1) is 7.48. The number of thiophene rings is 1. The Labute approximate surface area is 99.9 Å². The van der Waals surface area contributed by atoms with E-state index in [4.69, 9.17) is 5.73 Å². The molecule has 0 bridgehead atoms. The summed E-state index contributed by atoms with van der Waals surface area (Å²) in [4.78, 5) is 5.55. The SMILES string of the molecule is Cc1ccsc1Cn1cncc1C(C)(C)N. The van der Waals surface area contributed by atoms with Crippen LogP contribution in [0.15, 0.2) is 24.0 Å². The number of hydrogen-bond donors (Lipinski definition) is 1. The lowest BCUT2D eigenvalue weighted by Gasteiger charge is -2.20. The van der Waals surface area contributed by atoms with E-state index in [0.29, 0.717) is 0 Å². The molecule has 0 atom stereocenters. The van der Waals surface area contributed by atoms with Crippen molar-refractivity contribution in [3.05, 3.63) is 40.1 Å². The van der Waals surface area contributed by atoms with E-state index >= 15 is 0 Å². The Kier molecular flexibility index (Phi) is 2.86. The number of rotatable bonds is 3. The van der Waals surface area contributed by atoms with Gasteiger partial charge in [-0.1, -0.05) is 0 Å². The maximum Gasteiger partial charge on any atom is 0.0952 e. The van der Waals surface area contributed by atoms with Crippen molar-refractivity contribution in [1.82, 2.24) is 9.55 Å². The molecule has 2 heterocycles. The summed E-state index contributed by atoms with van der Waals surface area (Å²) in [6.07, 6.45) is 3.70. The van der Waals surface area contributed by atoms with Gasteiger partial charge in [0, 0.05) is 11.1 Å². The zero-order valence-electron chi connectivity index (χ0n) is 9.90. The van der Waals surface area contributed by atoms with Crippen molar-refractivity contribution in [3.8, 4) is 0 Å². The van der Waals surface area contributed by atoms with Crippen LogP contribution in [0.5, 0.6) is 0 Å². The summed E-state index contributed by atoms with van der Waals surface area (Å²) in [5.41, 5.74) is 8.17. The minimum absolute atomic E-state index is 0.346. The first-order valence-electron chi connectivity index (χ1n) is 5.31. The smallest absolute Gasteiger partial charge is 0.0952 e. The zero-order chi connectivity index (χ0) is 11.8. The van der Waals surface area contributed by atoms with Gasteiger partial charge in [0.2, 0.25) is 0 Å². The highest BCUT2D eigenvalue weighted by Crippen LogP contribution is 2.21. The molecule has 0 spiro atoms. The highest BCUT2D eigenvalue weighted by Gasteiger charge is 2.19. The minimum Gasteiger partial charge on any atom is -0.328 e. The second-order valence-corrected chi connectivity index (χ2v) is 5.66. The molecule has 16 heavy (non-hydrogen) atoms. The molecule has 0 saturated heterocycles. The number of hydrogen-bond acceptors (Lipinski definition) is 3. The molecule has 0 aliphatic heterocycles. The third-order valence-corrected chi connectivity index (χ3v) is 3.66. The van der Waals surface area contributed by atoms with Gasteiger partial charge in [-0.05, 0) is 37.8 Å². The van der Waals surface area contributed by atoms with Crippen LogP contribution in [0.2, 0.25) is 0 Å². The summed E-state index contributed by atoms with van der Waals surface area (Å²) in [5, 5.41) is 2.12. The predicted molar refractivity (Wildman–Crippen MR) is 67.6 cm³/mol. The topological polar surface area (TPSA) is 43.8 Å². The van der Waals surface area contributed by atoms with Gasteiger partial charge in [-0.3, -0.25) is 0 Å². The van der Waals surface area contributed by atoms with E-state index in [1.165, 1.54) is 10.4 Å². The molecule has 86 valence electrons. The maximum atomic E-state index is 6.11. The molecule has 0 aliphatic carbocycles. The second kappa shape index (κ2) is 4.03. The fourth-order valence-electron chi connectivity index (χ4n) is 1.70. The van der Waals surface area contributed by atoms with E-state index < -0.39 is 0 Å². The zero-order valence-corrected chi connectivity index (χ0v) is 10.7. The molecule has 0 fully saturated rings. The quantitative estimate of drug-likeness (QED) is 0.888. The van der Waals surface area contributed by atoms with Gasteiger partial charge >= 0.3 is 0 Å². The van der Waals surface area contributed by atoms with Crippen LogP contribution in [0.1, 0.15) is 30.0 Å². The summed E-state index contributed by atoms with van der Waals surface area (Å²) in [7, 11) is 0. The number of aryl methyl sites for hydroxylation is 1. The molecule has 2 rings (SSSR count). The van der Waals surface area contributed by atoms with E-state index in [1.807, 2.05) is 26.4 Å². The summed E-state index contributed by atoms with van der Waals surface area (Å²) < 4.78 is 2.12. The molecule has 0 radical (unpaired) electrons. The van der Waals surface area contributed by atoms with Crippen LogP contribution in [-0.2, 0) is 12.1 Å². The molecule has 0 amide bonds. The van der Waals surface area contributed by atoms with Crippen molar-refractivity contribution in [2.24, 2.45) is 5.73 Å². The lowest BCUT2D eigenvalue weighted by atomic mass is 10.0. The second-order valence-electron chi connectivity index (χ2n) is 4.66. The number of nitrogens with two attached hydrogens (primary N) is 1. The third-order valence-electron chi connectivity index (χ3n) is 2.65. The maximum absolute atomic E-state index is 6.11. The number of imidazole rings is 1. The Morgan fingerprint density at radius 1 is 1.50 bits per heavy atom. The van der Waals surface area contributed by atoms with E-state index in [1.54, 1.807) is 11.3 Å². The highest BCUT2D eigenvalue weighted by atomic mass is 32.1. The minimum atomic E-state index is -0.346. The first kappa shape index (κ1) is 11.4. The van der Waals surface area contributed by atoms with Crippen LogP contribution in [0.25, 0.3) is 0 Å². The molecule has 2 aromatic heterocycles. The summed E-state index contributed by atoms with van der Waals surface area (Å²) in [6, 6.07) is 2.14. The Morgan fingerprint density at radius 3 is 2.81 bits per heavy atom. The first-order valence-corrected chi connectivity index (χ1v) is 6.19. The van der Waals surface area contributed by atoms with Gasteiger partial charge in [0.1, 0.15) is 0 Å². The van der Waals surface area contributed by atoms with Crippen molar-refractivity contribution in [2.45, 2.75) is 32.9 Å². The van der Waals surface area contributed by atoms with Gasteiger partial charge in [0.15, 0.2) is 0 Å². The largest absolute Gasteiger partial charge is 0.328 e. The monoisotopic (exact) mass is 235 g/mol. The Balaban J connectivity index is 2.30. The van der Waals surface area contributed by atoms with Crippen LogP contribution in [0, 0.1) is 6.92 Å². The Bertz CT molecular complexity index is 476. The standard InChI is InChI=1S/C12H17N3S/c1-9-4-5-16-10(9)7-15-8-14-6-11(15)12(2,3)13/h4-6,8H,7,13H2,1-3H3. The van der Waals surface area contributed by atoms with Crippen molar-refractivity contribution in [2.75, 3.05) is 0 Å². The Hall–Kier alpha value is -1.13. The van der Waals surface area contributed by atoms with Gasteiger partial charge in [0.05, 0.1) is 24.1 Å². The van der Waals surface area contributed by atoms with Crippen LogP contribution < -0.4 is 5.73 Å². The Morgan fingerprint density at radius 2 is 2.25 bits per heavy atom.